The fourth-order valence-corrected chi connectivity index (χ4v) is 4.05. The van der Waals surface area contributed by atoms with E-state index in [2.05, 4.69) is 5.32 Å². The molecule has 2 heterocycles. The van der Waals surface area contributed by atoms with Crippen LogP contribution in [0.3, 0.4) is 0 Å². The molecule has 0 saturated carbocycles. The number of nitrogens with one attached hydrogen (secondary N) is 1. The van der Waals surface area contributed by atoms with Gasteiger partial charge in [-0.05, 0) is 61.4 Å². The lowest BCUT2D eigenvalue weighted by atomic mass is 10.1. The van der Waals surface area contributed by atoms with Crippen LogP contribution in [0.15, 0.2) is 42.5 Å². The van der Waals surface area contributed by atoms with Crippen molar-refractivity contribution in [3.8, 4) is 0 Å². The minimum Gasteiger partial charge on any atom is -0.326 e. The molecule has 3 amide bonds. The first kappa shape index (κ1) is 19.8. The summed E-state index contributed by atoms with van der Waals surface area (Å²) >= 11 is 0. The molecular weight excluding hydrogens is 382 g/mol. The highest BCUT2D eigenvalue weighted by atomic mass is 16.2. The van der Waals surface area contributed by atoms with Crippen molar-refractivity contribution in [1.29, 1.82) is 0 Å². The van der Waals surface area contributed by atoms with Gasteiger partial charge < -0.3 is 15.1 Å². The Hall–Kier alpha value is -3.48. The molecule has 2 aliphatic heterocycles. The van der Waals surface area contributed by atoms with Crippen LogP contribution < -0.4 is 15.1 Å². The van der Waals surface area contributed by atoms with Gasteiger partial charge in [-0.25, -0.2) is 0 Å². The number of amides is 3. The summed E-state index contributed by atoms with van der Waals surface area (Å²) < 4.78 is 0. The highest BCUT2D eigenvalue weighted by Crippen LogP contribution is 2.34. The highest BCUT2D eigenvalue weighted by Gasteiger charge is 2.36. The van der Waals surface area contributed by atoms with Crippen molar-refractivity contribution in [2.24, 2.45) is 5.92 Å². The van der Waals surface area contributed by atoms with Crippen molar-refractivity contribution < 1.29 is 19.2 Å². The van der Waals surface area contributed by atoms with E-state index in [0.717, 1.165) is 23.4 Å². The maximum Gasteiger partial charge on any atom is 0.229 e. The summed E-state index contributed by atoms with van der Waals surface area (Å²) in [6.07, 6.45) is 0.902. The number of benzene rings is 2. The number of hydrogen-bond acceptors (Lipinski definition) is 4. The molecule has 154 valence electrons. The van der Waals surface area contributed by atoms with Gasteiger partial charge in [0.25, 0.3) is 0 Å². The number of ketones is 1. The maximum absolute atomic E-state index is 12.7. The van der Waals surface area contributed by atoms with Crippen molar-refractivity contribution in [2.75, 3.05) is 28.2 Å². The predicted octanol–water partition coefficient (Wildman–Crippen LogP) is 2.79. The highest BCUT2D eigenvalue weighted by molar-refractivity contribution is 6.04. The standard InChI is InChI=1S/C23H23N3O4/c1-14(27)16-3-5-19(6-4-16)24-23(30)18-12-22(29)26(13-18)20-7-8-21-17(11-20)9-10-25(21)15(2)28/h3-8,11,18H,9-10,12-13H2,1-2H3,(H,24,30)/t18-/m0/s1. The number of nitrogens with zero attached hydrogens (tertiary/aromatic N) is 2. The van der Waals surface area contributed by atoms with Crippen LogP contribution >= 0.6 is 0 Å². The van der Waals surface area contributed by atoms with Crippen LogP contribution in [-0.4, -0.2) is 36.6 Å². The van der Waals surface area contributed by atoms with E-state index in [-0.39, 0.29) is 29.9 Å². The van der Waals surface area contributed by atoms with E-state index in [1.807, 2.05) is 18.2 Å². The normalized spacial score (nSPS) is 17.8. The van der Waals surface area contributed by atoms with Gasteiger partial charge in [-0.3, -0.25) is 19.2 Å². The number of anilines is 3. The topological polar surface area (TPSA) is 86.8 Å². The van der Waals surface area contributed by atoms with E-state index >= 15 is 0 Å². The summed E-state index contributed by atoms with van der Waals surface area (Å²) in [5.74, 6) is -0.793. The number of fused-ring (bicyclic) bond motifs is 1. The van der Waals surface area contributed by atoms with E-state index in [1.54, 1.807) is 41.0 Å². The molecule has 2 aromatic carbocycles. The Labute approximate surface area is 174 Å². The third-order valence-corrected chi connectivity index (χ3v) is 5.71. The fraction of sp³-hybridized carbons (Fsp3) is 0.304. The van der Waals surface area contributed by atoms with Crippen LogP contribution in [0.4, 0.5) is 17.1 Å². The fourth-order valence-electron chi connectivity index (χ4n) is 4.05. The van der Waals surface area contributed by atoms with Crippen LogP contribution in [0, 0.1) is 5.92 Å². The molecule has 7 nitrogen and oxygen atoms in total. The second-order valence-corrected chi connectivity index (χ2v) is 7.76. The quantitative estimate of drug-likeness (QED) is 0.793. The van der Waals surface area contributed by atoms with Gasteiger partial charge in [-0.2, -0.15) is 0 Å². The predicted molar refractivity (Wildman–Crippen MR) is 114 cm³/mol. The Kier molecular flexibility index (Phi) is 5.11. The van der Waals surface area contributed by atoms with Gasteiger partial charge in [-0.15, -0.1) is 0 Å². The maximum atomic E-state index is 12.7. The molecule has 0 spiro atoms. The van der Waals surface area contributed by atoms with Gasteiger partial charge >= 0.3 is 0 Å². The van der Waals surface area contributed by atoms with Crippen LogP contribution in [0.5, 0.6) is 0 Å². The van der Waals surface area contributed by atoms with Crippen LogP contribution in [0.25, 0.3) is 0 Å². The van der Waals surface area contributed by atoms with Crippen LogP contribution in [-0.2, 0) is 20.8 Å². The van der Waals surface area contributed by atoms with Crippen molar-refractivity contribution in [2.45, 2.75) is 26.7 Å². The van der Waals surface area contributed by atoms with Gasteiger partial charge in [0.15, 0.2) is 5.78 Å². The molecule has 7 heteroatoms. The van der Waals surface area contributed by atoms with Crippen LogP contribution in [0.2, 0.25) is 0 Å². The van der Waals surface area contributed by atoms with E-state index < -0.39 is 5.92 Å². The van der Waals surface area contributed by atoms with Crippen molar-refractivity contribution in [3.05, 3.63) is 53.6 Å². The zero-order chi connectivity index (χ0) is 21.4. The van der Waals surface area contributed by atoms with Crippen molar-refractivity contribution in [3.63, 3.8) is 0 Å². The molecule has 0 unspecified atom stereocenters. The number of carbonyl (C=O) groups is 4. The summed E-state index contributed by atoms with van der Waals surface area (Å²) in [4.78, 5) is 51.7. The van der Waals surface area contributed by atoms with Crippen molar-refractivity contribution in [1.82, 2.24) is 0 Å². The van der Waals surface area contributed by atoms with Gasteiger partial charge in [0.05, 0.1) is 5.92 Å². The summed E-state index contributed by atoms with van der Waals surface area (Å²) in [5.41, 5.74) is 3.85. The number of rotatable bonds is 4. The Morgan fingerprint density at radius 2 is 1.77 bits per heavy atom. The lowest BCUT2D eigenvalue weighted by Gasteiger charge is -2.19. The van der Waals surface area contributed by atoms with Gasteiger partial charge in [0.2, 0.25) is 17.7 Å². The Morgan fingerprint density at radius 1 is 1.03 bits per heavy atom. The minimum atomic E-state index is -0.452. The van der Waals surface area contributed by atoms with Crippen LogP contribution in [0.1, 0.15) is 36.2 Å². The molecule has 0 aromatic heterocycles. The third-order valence-electron chi connectivity index (χ3n) is 5.71. The lowest BCUT2D eigenvalue weighted by Crippen LogP contribution is -2.28. The lowest BCUT2D eigenvalue weighted by molar-refractivity contribution is -0.122. The molecule has 2 aromatic rings. The number of Topliss-reactive ketones (excluding diaryl/α,β-unsaturated/α-hetero) is 1. The summed E-state index contributed by atoms with van der Waals surface area (Å²) in [6, 6.07) is 12.3. The summed E-state index contributed by atoms with van der Waals surface area (Å²) in [5, 5.41) is 2.83. The Morgan fingerprint density at radius 3 is 2.43 bits per heavy atom. The largest absolute Gasteiger partial charge is 0.326 e. The van der Waals surface area contributed by atoms with Crippen molar-refractivity contribution >= 4 is 40.6 Å². The first-order chi connectivity index (χ1) is 14.3. The minimum absolute atomic E-state index is 0.00631. The average molecular weight is 405 g/mol. The second kappa shape index (κ2) is 7.74. The molecule has 1 atom stereocenters. The van der Waals surface area contributed by atoms with Gasteiger partial charge in [0.1, 0.15) is 0 Å². The van der Waals surface area contributed by atoms with Gasteiger partial charge in [0, 0.05) is 49.1 Å². The molecular formula is C23H23N3O4. The summed E-state index contributed by atoms with van der Waals surface area (Å²) in [6.45, 7) is 3.99. The average Bonchev–Trinajstić information content (AvgIpc) is 3.31. The Balaban J connectivity index is 1.45. The monoisotopic (exact) mass is 405 g/mol. The zero-order valence-electron chi connectivity index (χ0n) is 17.0. The molecule has 1 saturated heterocycles. The molecule has 2 aliphatic rings. The van der Waals surface area contributed by atoms with E-state index in [0.29, 0.717) is 24.3 Å². The van der Waals surface area contributed by atoms with E-state index in [4.69, 9.17) is 0 Å². The Bertz CT molecular complexity index is 1040. The molecule has 4 rings (SSSR count). The first-order valence-electron chi connectivity index (χ1n) is 9.97. The van der Waals surface area contributed by atoms with Gasteiger partial charge in [-0.1, -0.05) is 0 Å². The molecule has 0 bridgehead atoms. The summed E-state index contributed by atoms with van der Waals surface area (Å²) in [7, 11) is 0. The molecule has 1 N–H and O–H groups in total. The van der Waals surface area contributed by atoms with E-state index in [1.165, 1.54) is 6.92 Å². The first-order valence-corrected chi connectivity index (χ1v) is 9.97. The number of hydrogen-bond donors (Lipinski definition) is 1. The molecule has 1 fully saturated rings. The van der Waals surface area contributed by atoms with E-state index in [9.17, 15) is 19.2 Å². The number of carbonyl (C=O) groups excluding carboxylic acids is 4. The zero-order valence-corrected chi connectivity index (χ0v) is 17.0. The molecule has 0 aliphatic carbocycles. The molecule has 0 radical (unpaired) electrons. The smallest absolute Gasteiger partial charge is 0.229 e. The third kappa shape index (κ3) is 3.70. The SMILES string of the molecule is CC(=O)c1ccc(NC(=O)[C@H]2CC(=O)N(c3ccc4c(c3)CCN4C(C)=O)C2)cc1. The second-order valence-electron chi connectivity index (χ2n) is 7.76. The molecule has 30 heavy (non-hydrogen) atoms.